The van der Waals surface area contributed by atoms with Crippen molar-refractivity contribution < 1.29 is 9.18 Å². The predicted molar refractivity (Wildman–Crippen MR) is 84.5 cm³/mol. The van der Waals surface area contributed by atoms with Crippen LogP contribution in [0.5, 0.6) is 0 Å². The quantitative estimate of drug-likeness (QED) is 0.696. The van der Waals surface area contributed by atoms with Gasteiger partial charge in [0.1, 0.15) is 5.82 Å². The maximum absolute atomic E-state index is 13.8. The molecular weight excluding hydrogens is 263 g/mol. The van der Waals surface area contributed by atoms with Crippen molar-refractivity contribution in [3.05, 3.63) is 70.5 Å². The third-order valence-electron chi connectivity index (χ3n) is 3.73. The van der Waals surface area contributed by atoms with Gasteiger partial charge in [-0.25, -0.2) is 4.39 Å². The third kappa shape index (κ3) is 3.21. The molecule has 2 rings (SSSR count). The maximum atomic E-state index is 13.8. The molecule has 0 fully saturated rings. The van der Waals surface area contributed by atoms with Gasteiger partial charge in [0.2, 0.25) is 0 Å². The van der Waals surface area contributed by atoms with Gasteiger partial charge < -0.3 is 0 Å². The van der Waals surface area contributed by atoms with E-state index in [1.165, 1.54) is 17.7 Å². The first-order chi connectivity index (χ1) is 9.91. The highest BCUT2D eigenvalue weighted by Gasteiger charge is 2.19. The molecule has 0 saturated carbocycles. The lowest BCUT2D eigenvalue weighted by molar-refractivity contribution is 0.103. The Hall–Kier alpha value is -1.96. The summed E-state index contributed by atoms with van der Waals surface area (Å²) in [5.74, 6) is -0.0909. The fourth-order valence-electron chi connectivity index (χ4n) is 2.42. The molecule has 0 bridgehead atoms. The maximum Gasteiger partial charge on any atom is 0.196 e. The number of hydrogen-bond acceptors (Lipinski definition) is 1. The van der Waals surface area contributed by atoms with Crippen LogP contribution in [0.3, 0.4) is 0 Å². The Labute approximate surface area is 125 Å². The van der Waals surface area contributed by atoms with Gasteiger partial charge in [-0.15, -0.1) is 0 Å². The Kier molecular flexibility index (Phi) is 4.56. The molecule has 0 saturated heterocycles. The Morgan fingerprint density at radius 1 is 0.905 bits per heavy atom. The Balaban J connectivity index is 2.53. The van der Waals surface area contributed by atoms with Crippen molar-refractivity contribution >= 4 is 5.78 Å². The molecule has 2 aromatic rings. The van der Waals surface area contributed by atoms with Gasteiger partial charge in [-0.3, -0.25) is 4.79 Å². The summed E-state index contributed by atoms with van der Waals surface area (Å²) in [5, 5.41) is 0. The van der Waals surface area contributed by atoms with Crippen LogP contribution in [-0.2, 0) is 0 Å². The summed E-state index contributed by atoms with van der Waals surface area (Å²) in [7, 11) is 0. The number of halogens is 1. The van der Waals surface area contributed by atoms with Crippen LogP contribution in [0.1, 0.15) is 66.6 Å². The molecule has 0 atom stereocenters. The highest BCUT2D eigenvalue weighted by atomic mass is 19.1. The molecule has 0 N–H and O–H groups in total. The molecule has 0 radical (unpaired) electrons. The topological polar surface area (TPSA) is 17.1 Å². The van der Waals surface area contributed by atoms with E-state index >= 15 is 0 Å². The van der Waals surface area contributed by atoms with E-state index in [4.69, 9.17) is 0 Å². The van der Waals surface area contributed by atoms with Crippen molar-refractivity contribution in [1.82, 2.24) is 0 Å². The second-order valence-electron chi connectivity index (χ2n) is 5.97. The van der Waals surface area contributed by atoms with Crippen LogP contribution < -0.4 is 0 Å². The van der Waals surface area contributed by atoms with E-state index in [-0.39, 0.29) is 17.3 Å². The standard InChI is InChI=1S/C19H21FO/c1-12(2)14-9-10-15(17(11-14)13(3)4)19(21)16-7-5-6-8-18(16)20/h5-13H,1-4H3. The Morgan fingerprint density at radius 3 is 2.14 bits per heavy atom. The van der Waals surface area contributed by atoms with Crippen molar-refractivity contribution in [3.8, 4) is 0 Å². The van der Waals surface area contributed by atoms with Gasteiger partial charge >= 0.3 is 0 Å². The minimum Gasteiger partial charge on any atom is -0.288 e. The number of benzene rings is 2. The summed E-state index contributed by atoms with van der Waals surface area (Å²) < 4.78 is 13.8. The summed E-state index contributed by atoms with van der Waals surface area (Å²) in [6, 6.07) is 12.0. The molecule has 2 heteroatoms. The van der Waals surface area contributed by atoms with E-state index in [0.717, 1.165) is 5.56 Å². The van der Waals surface area contributed by atoms with Crippen LogP contribution in [0.15, 0.2) is 42.5 Å². The van der Waals surface area contributed by atoms with Crippen molar-refractivity contribution in [1.29, 1.82) is 0 Å². The average molecular weight is 284 g/mol. The van der Waals surface area contributed by atoms with Crippen LogP contribution in [0, 0.1) is 5.82 Å². The lowest BCUT2D eigenvalue weighted by Crippen LogP contribution is -2.09. The molecule has 0 heterocycles. The second kappa shape index (κ2) is 6.21. The highest BCUT2D eigenvalue weighted by Crippen LogP contribution is 2.27. The van der Waals surface area contributed by atoms with E-state index in [1.54, 1.807) is 12.1 Å². The molecule has 1 nitrogen and oxygen atoms in total. The van der Waals surface area contributed by atoms with E-state index in [0.29, 0.717) is 11.5 Å². The number of carbonyl (C=O) groups is 1. The molecule has 0 aliphatic carbocycles. The number of ketones is 1. The first-order valence-corrected chi connectivity index (χ1v) is 7.35. The number of hydrogen-bond donors (Lipinski definition) is 0. The molecule has 21 heavy (non-hydrogen) atoms. The van der Waals surface area contributed by atoms with Crippen LogP contribution in [-0.4, -0.2) is 5.78 Å². The van der Waals surface area contributed by atoms with Gasteiger partial charge in [-0.2, -0.15) is 0 Å². The molecule has 0 aromatic heterocycles. The molecule has 0 aliphatic heterocycles. The van der Waals surface area contributed by atoms with Crippen LogP contribution in [0.2, 0.25) is 0 Å². The van der Waals surface area contributed by atoms with Gasteiger partial charge in [-0.1, -0.05) is 58.0 Å². The van der Waals surface area contributed by atoms with Gasteiger partial charge in [0.25, 0.3) is 0 Å². The fraction of sp³-hybridized carbons (Fsp3) is 0.316. The van der Waals surface area contributed by atoms with Crippen molar-refractivity contribution in [2.24, 2.45) is 0 Å². The summed E-state index contributed by atoms with van der Waals surface area (Å²) in [6.07, 6.45) is 0. The van der Waals surface area contributed by atoms with Crippen LogP contribution >= 0.6 is 0 Å². The van der Waals surface area contributed by atoms with E-state index in [9.17, 15) is 9.18 Å². The first-order valence-electron chi connectivity index (χ1n) is 7.35. The summed E-state index contributed by atoms with van der Waals surface area (Å²) in [5.41, 5.74) is 2.91. The molecule has 110 valence electrons. The largest absolute Gasteiger partial charge is 0.288 e. The Bertz CT molecular complexity index is 656. The summed E-state index contributed by atoms with van der Waals surface area (Å²) in [6.45, 7) is 8.35. The van der Waals surface area contributed by atoms with Gasteiger partial charge in [0, 0.05) is 5.56 Å². The summed E-state index contributed by atoms with van der Waals surface area (Å²) in [4.78, 5) is 12.6. The Morgan fingerprint density at radius 2 is 1.57 bits per heavy atom. The number of rotatable bonds is 4. The molecule has 2 aromatic carbocycles. The third-order valence-corrected chi connectivity index (χ3v) is 3.73. The minimum atomic E-state index is -0.467. The van der Waals surface area contributed by atoms with E-state index in [2.05, 4.69) is 33.8 Å². The molecule has 0 aliphatic rings. The van der Waals surface area contributed by atoms with E-state index in [1.807, 2.05) is 12.1 Å². The first kappa shape index (κ1) is 15.4. The minimum absolute atomic E-state index is 0.136. The van der Waals surface area contributed by atoms with Crippen molar-refractivity contribution in [2.75, 3.05) is 0 Å². The monoisotopic (exact) mass is 284 g/mol. The average Bonchev–Trinajstić information content (AvgIpc) is 2.46. The smallest absolute Gasteiger partial charge is 0.196 e. The molecule has 0 spiro atoms. The normalized spacial score (nSPS) is 11.2. The zero-order chi connectivity index (χ0) is 15.6. The van der Waals surface area contributed by atoms with E-state index < -0.39 is 5.82 Å². The lowest BCUT2D eigenvalue weighted by atomic mass is 9.88. The summed E-state index contributed by atoms with van der Waals surface area (Å²) >= 11 is 0. The predicted octanol–water partition coefficient (Wildman–Crippen LogP) is 5.30. The van der Waals surface area contributed by atoms with Gasteiger partial charge in [0.05, 0.1) is 5.56 Å². The SMILES string of the molecule is CC(C)c1ccc(C(=O)c2ccccc2F)c(C(C)C)c1. The van der Waals surface area contributed by atoms with Crippen LogP contribution in [0.25, 0.3) is 0 Å². The van der Waals surface area contributed by atoms with Crippen molar-refractivity contribution in [2.45, 2.75) is 39.5 Å². The molecular formula is C19H21FO. The lowest BCUT2D eigenvalue weighted by Gasteiger charge is -2.16. The number of carbonyl (C=O) groups excluding carboxylic acids is 1. The fourth-order valence-corrected chi connectivity index (χ4v) is 2.42. The van der Waals surface area contributed by atoms with Gasteiger partial charge in [0.15, 0.2) is 5.78 Å². The van der Waals surface area contributed by atoms with Gasteiger partial charge in [-0.05, 0) is 35.1 Å². The second-order valence-corrected chi connectivity index (χ2v) is 5.97. The highest BCUT2D eigenvalue weighted by molar-refractivity contribution is 6.10. The zero-order valence-corrected chi connectivity index (χ0v) is 13.0. The molecule has 0 amide bonds. The van der Waals surface area contributed by atoms with Crippen molar-refractivity contribution in [3.63, 3.8) is 0 Å². The zero-order valence-electron chi connectivity index (χ0n) is 13.0. The molecule has 0 unspecified atom stereocenters. The van der Waals surface area contributed by atoms with Crippen LogP contribution in [0.4, 0.5) is 4.39 Å².